The minimum absolute atomic E-state index is 0.330. The highest BCUT2D eigenvalue weighted by molar-refractivity contribution is 5.38. The molecule has 0 bridgehead atoms. The van der Waals surface area contributed by atoms with Crippen LogP contribution in [0.2, 0.25) is 0 Å². The summed E-state index contributed by atoms with van der Waals surface area (Å²) >= 11 is 0. The summed E-state index contributed by atoms with van der Waals surface area (Å²) in [6.45, 7) is 2.81. The number of aromatic nitrogens is 1. The molecule has 1 aliphatic heterocycles. The first-order valence-electron chi connectivity index (χ1n) is 7.63. The zero-order chi connectivity index (χ0) is 14.7. The Kier molecular flexibility index (Phi) is 4.20. The van der Waals surface area contributed by atoms with E-state index in [-0.39, 0.29) is 0 Å². The molecule has 3 nitrogen and oxygen atoms in total. The molecule has 0 amide bonds. The van der Waals surface area contributed by atoms with E-state index in [2.05, 4.69) is 18.0 Å². The van der Waals surface area contributed by atoms with Crippen molar-refractivity contribution in [3.63, 3.8) is 0 Å². The number of ether oxygens (including phenoxy) is 1. The first-order chi connectivity index (χ1) is 10.3. The van der Waals surface area contributed by atoms with Crippen LogP contribution < -0.4 is 4.74 Å². The molecule has 2 atom stereocenters. The van der Waals surface area contributed by atoms with Gasteiger partial charge in [0.05, 0.1) is 18.4 Å². The van der Waals surface area contributed by atoms with Crippen LogP contribution in [0.25, 0.3) is 0 Å². The van der Waals surface area contributed by atoms with Crippen molar-refractivity contribution < 1.29 is 9.84 Å². The highest BCUT2D eigenvalue weighted by atomic mass is 16.5. The average molecular weight is 283 g/mol. The zero-order valence-corrected chi connectivity index (χ0v) is 12.3. The summed E-state index contributed by atoms with van der Waals surface area (Å²) < 4.78 is 5.69. The number of benzene rings is 1. The average Bonchev–Trinajstić information content (AvgIpc) is 2.55. The van der Waals surface area contributed by atoms with Crippen LogP contribution in [0.5, 0.6) is 5.75 Å². The van der Waals surface area contributed by atoms with Gasteiger partial charge in [0.2, 0.25) is 0 Å². The number of hydrogen-bond acceptors (Lipinski definition) is 3. The molecular formula is C18H21NO2. The fraction of sp³-hybridized carbons (Fsp3) is 0.389. The number of aliphatic hydroxyl groups excluding tert-OH is 1. The van der Waals surface area contributed by atoms with E-state index < -0.39 is 6.10 Å². The molecule has 0 radical (unpaired) electrons. The molecule has 0 fully saturated rings. The number of rotatable bonds is 4. The lowest BCUT2D eigenvalue weighted by molar-refractivity contribution is 0.140. The molecule has 0 aliphatic carbocycles. The number of pyridine rings is 1. The molecule has 0 saturated heterocycles. The van der Waals surface area contributed by atoms with E-state index in [1.165, 1.54) is 5.56 Å². The molecule has 3 heteroatoms. The summed E-state index contributed by atoms with van der Waals surface area (Å²) in [5, 5.41) is 10.6. The van der Waals surface area contributed by atoms with Gasteiger partial charge in [-0.2, -0.15) is 0 Å². The summed E-state index contributed by atoms with van der Waals surface area (Å²) in [6.07, 6.45) is 3.78. The number of aliphatic hydroxyl groups is 1. The highest BCUT2D eigenvalue weighted by Crippen LogP contribution is 2.38. The lowest BCUT2D eigenvalue weighted by Gasteiger charge is -2.27. The standard InChI is InChI=1S/C18H21NO2/c1-2-13-6-5-10-19-18(13)16(20)12-14-9-11-21-17-8-4-3-7-15(14)17/h3-8,10,14,16,20H,2,9,11-12H2,1H3. The lowest BCUT2D eigenvalue weighted by atomic mass is 9.87. The Balaban J connectivity index is 1.81. The lowest BCUT2D eigenvalue weighted by Crippen LogP contribution is -2.17. The van der Waals surface area contributed by atoms with Crippen molar-refractivity contribution >= 4 is 0 Å². The molecule has 2 unspecified atom stereocenters. The first kappa shape index (κ1) is 14.1. The second kappa shape index (κ2) is 6.27. The van der Waals surface area contributed by atoms with Crippen LogP contribution in [0.4, 0.5) is 0 Å². The van der Waals surface area contributed by atoms with E-state index in [9.17, 15) is 5.11 Å². The predicted molar refractivity (Wildman–Crippen MR) is 82.5 cm³/mol. The van der Waals surface area contributed by atoms with Gasteiger partial charge < -0.3 is 9.84 Å². The smallest absolute Gasteiger partial charge is 0.122 e. The van der Waals surface area contributed by atoms with Crippen molar-refractivity contribution in [2.75, 3.05) is 6.61 Å². The Bertz CT molecular complexity index is 612. The van der Waals surface area contributed by atoms with Gasteiger partial charge in [0.25, 0.3) is 0 Å². The normalized spacial score (nSPS) is 18.7. The molecule has 1 N–H and O–H groups in total. The van der Waals surface area contributed by atoms with Gasteiger partial charge in [0.1, 0.15) is 5.75 Å². The van der Waals surface area contributed by atoms with Gasteiger partial charge in [-0.05, 0) is 48.4 Å². The van der Waals surface area contributed by atoms with Crippen LogP contribution in [0.3, 0.4) is 0 Å². The fourth-order valence-electron chi connectivity index (χ4n) is 3.09. The van der Waals surface area contributed by atoms with Gasteiger partial charge in [0, 0.05) is 6.20 Å². The van der Waals surface area contributed by atoms with Crippen molar-refractivity contribution in [3.05, 3.63) is 59.4 Å². The van der Waals surface area contributed by atoms with E-state index in [0.717, 1.165) is 36.5 Å². The van der Waals surface area contributed by atoms with Gasteiger partial charge >= 0.3 is 0 Å². The third kappa shape index (κ3) is 2.93. The highest BCUT2D eigenvalue weighted by Gasteiger charge is 2.25. The molecule has 110 valence electrons. The molecule has 1 aromatic heterocycles. The van der Waals surface area contributed by atoms with Crippen LogP contribution in [0.15, 0.2) is 42.6 Å². The van der Waals surface area contributed by atoms with Crippen LogP contribution in [-0.2, 0) is 6.42 Å². The number of para-hydroxylation sites is 1. The van der Waals surface area contributed by atoms with E-state index in [1.54, 1.807) is 6.20 Å². The van der Waals surface area contributed by atoms with Crippen molar-refractivity contribution in [2.45, 2.75) is 38.2 Å². The summed E-state index contributed by atoms with van der Waals surface area (Å²) in [4.78, 5) is 4.39. The van der Waals surface area contributed by atoms with E-state index in [4.69, 9.17) is 4.74 Å². The molecule has 1 aliphatic rings. The SMILES string of the molecule is CCc1cccnc1C(O)CC1CCOc2ccccc21. The van der Waals surface area contributed by atoms with Crippen molar-refractivity contribution in [1.29, 1.82) is 0 Å². The Morgan fingerprint density at radius 1 is 1.29 bits per heavy atom. The monoisotopic (exact) mass is 283 g/mol. The molecule has 3 rings (SSSR count). The van der Waals surface area contributed by atoms with Gasteiger partial charge in [0.15, 0.2) is 0 Å². The predicted octanol–water partition coefficient (Wildman–Crippen LogP) is 3.63. The maximum absolute atomic E-state index is 10.6. The Morgan fingerprint density at radius 2 is 2.14 bits per heavy atom. The number of aryl methyl sites for hydroxylation is 1. The first-order valence-corrected chi connectivity index (χ1v) is 7.63. The Morgan fingerprint density at radius 3 is 3.00 bits per heavy atom. The molecular weight excluding hydrogens is 262 g/mol. The van der Waals surface area contributed by atoms with E-state index >= 15 is 0 Å². The van der Waals surface area contributed by atoms with Crippen molar-refractivity contribution in [3.8, 4) is 5.75 Å². The van der Waals surface area contributed by atoms with Crippen molar-refractivity contribution in [2.24, 2.45) is 0 Å². The van der Waals surface area contributed by atoms with Gasteiger partial charge in [-0.25, -0.2) is 0 Å². The van der Waals surface area contributed by atoms with Crippen LogP contribution in [-0.4, -0.2) is 16.7 Å². The number of hydrogen-bond donors (Lipinski definition) is 1. The molecule has 1 aromatic carbocycles. The van der Waals surface area contributed by atoms with Crippen molar-refractivity contribution in [1.82, 2.24) is 4.98 Å². The van der Waals surface area contributed by atoms with Gasteiger partial charge in [-0.1, -0.05) is 31.2 Å². The quantitative estimate of drug-likeness (QED) is 0.931. The molecule has 0 spiro atoms. The minimum atomic E-state index is -0.516. The fourth-order valence-corrected chi connectivity index (χ4v) is 3.09. The molecule has 2 heterocycles. The second-order valence-corrected chi connectivity index (χ2v) is 5.52. The van der Waals surface area contributed by atoms with Crippen LogP contribution in [0.1, 0.15) is 48.6 Å². The topological polar surface area (TPSA) is 42.4 Å². The molecule has 2 aromatic rings. The summed E-state index contributed by atoms with van der Waals surface area (Å²) in [6, 6.07) is 12.1. The maximum atomic E-state index is 10.6. The largest absolute Gasteiger partial charge is 0.493 e. The third-order valence-corrected chi connectivity index (χ3v) is 4.21. The number of nitrogens with zero attached hydrogens (tertiary/aromatic N) is 1. The third-order valence-electron chi connectivity index (χ3n) is 4.21. The summed E-state index contributed by atoms with van der Waals surface area (Å²) in [7, 11) is 0. The van der Waals surface area contributed by atoms with E-state index in [1.807, 2.05) is 30.3 Å². The molecule has 0 saturated carbocycles. The van der Waals surface area contributed by atoms with Gasteiger partial charge in [-0.3, -0.25) is 4.98 Å². The second-order valence-electron chi connectivity index (χ2n) is 5.52. The maximum Gasteiger partial charge on any atom is 0.122 e. The minimum Gasteiger partial charge on any atom is -0.493 e. The zero-order valence-electron chi connectivity index (χ0n) is 12.3. The Labute approximate surface area is 125 Å². The summed E-state index contributed by atoms with van der Waals surface area (Å²) in [5.41, 5.74) is 3.16. The van der Waals surface area contributed by atoms with Crippen LogP contribution >= 0.6 is 0 Å². The van der Waals surface area contributed by atoms with Crippen LogP contribution in [0, 0.1) is 0 Å². The molecule has 21 heavy (non-hydrogen) atoms. The number of fused-ring (bicyclic) bond motifs is 1. The van der Waals surface area contributed by atoms with E-state index in [0.29, 0.717) is 12.3 Å². The summed E-state index contributed by atoms with van der Waals surface area (Å²) in [5.74, 6) is 1.29. The Hall–Kier alpha value is -1.87. The van der Waals surface area contributed by atoms with Gasteiger partial charge in [-0.15, -0.1) is 0 Å².